The number of carbonyl (C=O) groups is 1. The molecule has 3 aromatic heterocycles. The fourth-order valence-corrected chi connectivity index (χ4v) is 4.72. The summed E-state index contributed by atoms with van der Waals surface area (Å²) in [4.78, 5) is 24.7. The highest BCUT2D eigenvalue weighted by Gasteiger charge is 2.26. The van der Waals surface area contributed by atoms with Crippen LogP contribution in [0.2, 0.25) is 0 Å². The van der Waals surface area contributed by atoms with Gasteiger partial charge in [0.2, 0.25) is 0 Å². The monoisotopic (exact) mass is 390 g/mol. The minimum Gasteiger partial charge on any atom is -0.368 e. The summed E-state index contributed by atoms with van der Waals surface area (Å²) in [7, 11) is 1.66. The van der Waals surface area contributed by atoms with E-state index in [9.17, 15) is 4.79 Å². The number of nitrogens with zero attached hydrogens (tertiary/aromatic N) is 4. The number of imidazole rings is 1. The Balaban J connectivity index is 1.82. The van der Waals surface area contributed by atoms with Crippen LogP contribution in [0.15, 0.2) is 24.4 Å². The standard InChI is InChI=1S/C22H26N6O/c1-13-11-27(12-14(2)25-13)18-8-9-24-20-15(18)10-16(22(29)23-3)21-26-17-6-4-5-7-19(17)28(20)21/h5,7-10,13-14,25H,4,6,11-12H2,1-3H3,(H,23,29)/t13-,14?/m0/s1. The highest BCUT2D eigenvalue weighted by atomic mass is 16.1. The van der Waals surface area contributed by atoms with Crippen LogP contribution in [0.1, 0.15) is 42.0 Å². The summed E-state index contributed by atoms with van der Waals surface area (Å²) in [6.07, 6.45) is 7.99. The van der Waals surface area contributed by atoms with E-state index >= 15 is 0 Å². The summed E-state index contributed by atoms with van der Waals surface area (Å²) in [6.45, 7) is 6.24. The molecule has 0 radical (unpaired) electrons. The lowest BCUT2D eigenvalue weighted by Gasteiger charge is -2.38. The molecule has 7 nitrogen and oxygen atoms in total. The van der Waals surface area contributed by atoms with Gasteiger partial charge in [0.25, 0.3) is 5.91 Å². The molecule has 1 unspecified atom stereocenters. The van der Waals surface area contributed by atoms with Crippen molar-refractivity contribution in [3.8, 4) is 0 Å². The van der Waals surface area contributed by atoms with Gasteiger partial charge in [-0.25, -0.2) is 9.97 Å². The Bertz CT molecular complexity index is 1140. The first kappa shape index (κ1) is 18.1. The zero-order chi connectivity index (χ0) is 20.1. The van der Waals surface area contributed by atoms with Gasteiger partial charge in [-0.3, -0.25) is 9.20 Å². The Morgan fingerprint density at radius 1 is 1.24 bits per heavy atom. The maximum Gasteiger partial charge on any atom is 0.254 e. The lowest BCUT2D eigenvalue weighted by Crippen LogP contribution is -2.54. The van der Waals surface area contributed by atoms with Crippen molar-refractivity contribution in [1.29, 1.82) is 0 Å². The van der Waals surface area contributed by atoms with Gasteiger partial charge >= 0.3 is 0 Å². The lowest BCUT2D eigenvalue weighted by molar-refractivity contribution is 0.0964. The highest BCUT2D eigenvalue weighted by Crippen LogP contribution is 2.32. The minimum absolute atomic E-state index is 0.125. The van der Waals surface area contributed by atoms with Crippen molar-refractivity contribution in [2.24, 2.45) is 0 Å². The van der Waals surface area contributed by atoms with E-state index in [2.05, 4.69) is 52.0 Å². The molecule has 0 spiro atoms. The number of piperazine rings is 1. The first-order valence-corrected chi connectivity index (χ1v) is 10.3. The van der Waals surface area contributed by atoms with Gasteiger partial charge in [0, 0.05) is 49.5 Å². The second-order valence-electron chi connectivity index (χ2n) is 8.12. The van der Waals surface area contributed by atoms with E-state index in [1.54, 1.807) is 7.05 Å². The van der Waals surface area contributed by atoms with E-state index in [1.165, 1.54) is 0 Å². The van der Waals surface area contributed by atoms with Crippen LogP contribution in [0, 0.1) is 0 Å². The molecule has 0 saturated carbocycles. The fourth-order valence-electron chi connectivity index (χ4n) is 4.72. The number of aryl methyl sites for hydroxylation is 1. The minimum atomic E-state index is -0.125. The number of rotatable bonds is 2. The molecule has 7 heteroatoms. The van der Waals surface area contributed by atoms with Crippen LogP contribution in [0.5, 0.6) is 0 Å². The average molecular weight is 390 g/mol. The predicted molar refractivity (Wildman–Crippen MR) is 116 cm³/mol. The van der Waals surface area contributed by atoms with Gasteiger partial charge < -0.3 is 15.5 Å². The van der Waals surface area contributed by atoms with E-state index in [0.29, 0.717) is 23.3 Å². The molecule has 4 heterocycles. The van der Waals surface area contributed by atoms with Crippen molar-refractivity contribution in [1.82, 2.24) is 25.0 Å². The Morgan fingerprint density at radius 3 is 2.79 bits per heavy atom. The highest BCUT2D eigenvalue weighted by molar-refractivity contribution is 6.05. The number of hydrogen-bond acceptors (Lipinski definition) is 5. The third kappa shape index (κ3) is 2.88. The molecule has 1 amide bonds. The van der Waals surface area contributed by atoms with Crippen molar-refractivity contribution in [3.05, 3.63) is 41.4 Å². The van der Waals surface area contributed by atoms with Crippen molar-refractivity contribution in [2.75, 3.05) is 25.0 Å². The molecule has 2 atom stereocenters. The van der Waals surface area contributed by atoms with Gasteiger partial charge in [-0.1, -0.05) is 6.08 Å². The molecule has 2 N–H and O–H groups in total. The van der Waals surface area contributed by atoms with Gasteiger partial charge in [0.05, 0.1) is 17.0 Å². The molecule has 1 aliphatic carbocycles. The second kappa shape index (κ2) is 6.84. The third-order valence-electron chi connectivity index (χ3n) is 5.87. The molecule has 1 aliphatic heterocycles. The summed E-state index contributed by atoms with van der Waals surface area (Å²) in [5, 5.41) is 7.35. The molecular weight excluding hydrogens is 364 g/mol. The van der Waals surface area contributed by atoms with Crippen molar-refractivity contribution < 1.29 is 4.79 Å². The SMILES string of the molecule is CNC(=O)c1cc2c(N3CC(C)N[C@@H](C)C3)ccnc2n2c3c(nc12)CCC=C3. The fraction of sp³-hybridized carbons (Fsp3) is 0.409. The van der Waals surface area contributed by atoms with E-state index in [4.69, 9.17) is 9.97 Å². The summed E-state index contributed by atoms with van der Waals surface area (Å²) in [5.41, 5.74) is 5.30. The first-order valence-electron chi connectivity index (χ1n) is 10.3. The summed E-state index contributed by atoms with van der Waals surface area (Å²) >= 11 is 0. The largest absolute Gasteiger partial charge is 0.368 e. The van der Waals surface area contributed by atoms with Gasteiger partial charge in [-0.15, -0.1) is 0 Å². The second-order valence-corrected chi connectivity index (χ2v) is 8.12. The Kier molecular flexibility index (Phi) is 4.28. The molecule has 2 aliphatic rings. The van der Waals surface area contributed by atoms with E-state index in [-0.39, 0.29) is 5.91 Å². The molecule has 1 fully saturated rings. The van der Waals surface area contributed by atoms with Crippen LogP contribution >= 0.6 is 0 Å². The zero-order valence-electron chi connectivity index (χ0n) is 17.1. The number of pyridine rings is 2. The van der Waals surface area contributed by atoms with Crippen LogP contribution in [-0.4, -0.2) is 52.5 Å². The van der Waals surface area contributed by atoms with E-state index in [0.717, 1.165) is 54.0 Å². The molecule has 0 aromatic carbocycles. The van der Waals surface area contributed by atoms with Gasteiger partial charge in [0.1, 0.15) is 5.65 Å². The number of fused-ring (bicyclic) bond motifs is 5. The quantitative estimate of drug-likeness (QED) is 0.703. The number of hydrogen-bond donors (Lipinski definition) is 2. The van der Waals surface area contributed by atoms with Crippen LogP contribution in [-0.2, 0) is 6.42 Å². The number of anilines is 1. The Hall–Kier alpha value is -2.93. The molecule has 150 valence electrons. The number of nitrogens with one attached hydrogen (secondary N) is 2. The Morgan fingerprint density at radius 2 is 2.03 bits per heavy atom. The van der Waals surface area contributed by atoms with Crippen LogP contribution in [0.25, 0.3) is 22.8 Å². The molecular formula is C22H26N6O. The number of aromatic nitrogens is 3. The summed E-state index contributed by atoms with van der Waals surface area (Å²) in [6, 6.07) is 4.82. The summed E-state index contributed by atoms with van der Waals surface area (Å²) < 4.78 is 2.06. The van der Waals surface area contributed by atoms with Gasteiger partial charge in [-0.05, 0) is 44.9 Å². The van der Waals surface area contributed by atoms with Crippen LogP contribution in [0.3, 0.4) is 0 Å². The normalized spacial score (nSPS) is 21.6. The first-order chi connectivity index (χ1) is 14.1. The average Bonchev–Trinajstić information content (AvgIpc) is 3.11. The van der Waals surface area contributed by atoms with Crippen molar-refractivity contribution in [3.63, 3.8) is 0 Å². The number of amides is 1. The van der Waals surface area contributed by atoms with E-state index in [1.807, 2.05) is 12.3 Å². The smallest absolute Gasteiger partial charge is 0.254 e. The summed E-state index contributed by atoms with van der Waals surface area (Å²) in [5.74, 6) is -0.125. The predicted octanol–water partition coefficient (Wildman–Crippen LogP) is 2.39. The maximum absolute atomic E-state index is 12.7. The van der Waals surface area contributed by atoms with Gasteiger partial charge in [-0.2, -0.15) is 0 Å². The maximum atomic E-state index is 12.7. The van der Waals surface area contributed by atoms with Crippen molar-refractivity contribution >= 4 is 34.4 Å². The molecule has 0 bridgehead atoms. The van der Waals surface area contributed by atoms with Crippen LogP contribution in [0.4, 0.5) is 5.69 Å². The number of carbonyl (C=O) groups excluding carboxylic acids is 1. The molecule has 1 saturated heterocycles. The number of allylic oxidation sites excluding steroid dienone is 1. The lowest BCUT2D eigenvalue weighted by atomic mass is 10.1. The molecule has 5 rings (SSSR count). The van der Waals surface area contributed by atoms with Crippen molar-refractivity contribution in [2.45, 2.75) is 38.8 Å². The third-order valence-corrected chi connectivity index (χ3v) is 5.87. The topological polar surface area (TPSA) is 74.6 Å². The Labute approximate surface area is 169 Å². The molecule has 29 heavy (non-hydrogen) atoms. The van der Waals surface area contributed by atoms with E-state index < -0.39 is 0 Å². The van der Waals surface area contributed by atoms with Crippen LogP contribution < -0.4 is 15.5 Å². The zero-order valence-corrected chi connectivity index (χ0v) is 17.1. The van der Waals surface area contributed by atoms with Gasteiger partial charge in [0.15, 0.2) is 5.65 Å². The molecule has 3 aromatic rings.